The van der Waals surface area contributed by atoms with E-state index in [0.29, 0.717) is 10.8 Å². The van der Waals surface area contributed by atoms with Gasteiger partial charge in [0.05, 0.1) is 5.92 Å². The normalized spacial score (nSPS) is 45.7. The maximum atomic E-state index is 11.1. The SMILES string of the molecule is CC(CCC[C@@H](C)[C@H]1CC[C@H]2[C@@H]3CCC4CCC=C[C@]4(C)[C@H]3CC[C@]12C)C(=O)O. The highest BCUT2D eigenvalue weighted by Crippen LogP contribution is 2.67. The second-order valence-electron chi connectivity index (χ2n) is 11.9. The van der Waals surface area contributed by atoms with E-state index in [0.717, 1.165) is 48.3 Å². The first-order valence-electron chi connectivity index (χ1n) is 12.7. The third kappa shape index (κ3) is 3.61. The number of carbonyl (C=O) groups is 1. The van der Waals surface area contributed by atoms with Crippen LogP contribution in [0.3, 0.4) is 0 Å². The fourth-order valence-corrected chi connectivity index (χ4v) is 8.87. The number of hydrogen-bond donors (Lipinski definition) is 1. The van der Waals surface area contributed by atoms with Crippen LogP contribution in [-0.4, -0.2) is 11.1 Å². The van der Waals surface area contributed by atoms with Crippen molar-refractivity contribution in [2.75, 3.05) is 0 Å². The van der Waals surface area contributed by atoms with Gasteiger partial charge in [-0.05, 0) is 104 Å². The number of hydrogen-bond acceptors (Lipinski definition) is 1. The largest absolute Gasteiger partial charge is 0.481 e. The van der Waals surface area contributed by atoms with Crippen LogP contribution in [-0.2, 0) is 4.79 Å². The third-order valence-electron chi connectivity index (χ3n) is 10.6. The second kappa shape index (κ2) is 8.04. The first-order chi connectivity index (χ1) is 13.8. The standard InChI is InChI=1S/C27H44O2/c1-18(8-7-9-19(2)25(28)29)22-13-14-23-21-12-11-20-10-5-6-16-26(20,3)24(21)15-17-27(22,23)4/h6,16,18-24H,5,7-15,17H2,1-4H3,(H,28,29)/t18-,19?,20?,21+,22-,23+,24+,26+,27-/m1/s1. The summed E-state index contributed by atoms with van der Waals surface area (Å²) in [6.45, 7) is 9.58. The first-order valence-corrected chi connectivity index (χ1v) is 12.7. The molecule has 0 saturated heterocycles. The number of carboxylic acids is 1. The van der Waals surface area contributed by atoms with Gasteiger partial charge in [-0.1, -0.05) is 52.7 Å². The van der Waals surface area contributed by atoms with Crippen LogP contribution in [0.4, 0.5) is 0 Å². The molecule has 9 atom stereocenters. The molecule has 2 heteroatoms. The Hall–Kier alpha value is -0.790. The van der Waals surface area contributed by atoms with E-state index < -0.39 is 5.97 Å². The molecule has 2 unspecified atom stereocenters. The average molecular weight is 401 g/mol. The molecule has 2 nitrogen and oxygen atoms in total. The Morgan fingerprint density at radius 3 is 2.59 bits per heavy atom. The highest BCUT2D eigenvalue weighted by Gasteiger charge is 2.59. The van der Waals surface area contributed by atoms with Crippen molar-refractivity contribution in [3.63, 3.8) is 0 Å². The Morgan fingerprint density at radius 1 is 1.03 bits per heavy atom. The van der Waals surface area contributed by atoms with E-state index in [-0.39, 0.29) is 5.92 Å². The molecule has 0 aromatic heterocycles. The lowest BCUT2D eigenvalue weighted by molar-refractivity contribution is -0.141. The zero-order valence-electron chi connectivity index (χ0n) is 19.3. The molecule has 0 amide bonds. The molecule has 0 heterocycles. The Balaban J connectivity index is 1.43. The Labute approximate surface area is 178 Å². The molecule has 0 radical (unpaired) electrons. The fraction of sp³-hybridized carbons (Fsp3) is 0.889. The minimum Gasteiger partial charge on any atom is -0.481 e. The smallest absolute Gasteiger partial charge is 0.306 e. The molecule has 29 heavy (non-hydrogen) atoms. The predicted octanol–water partition coefficient (Wildman–Crippen LogP) is 7.34. The van der Waals surface area contributed by atoms with E-state index >= 15 is 0 Å². The van der Waals surface area contributed by atoms with Gasteiger partial charge < -0.3 is 5.11 Å². The van der Waals surface area contributed by atoms with Gasteiger partial charge in [0, 0.05) is 0 Å². The Kier molecular flexibility index (Phi) is 5.95. The minimum atomic E-state index is -0.635. The molecule has 3 fully saturated rings. The summed E-state index contributed by atoms with van der Waals surface area (Å²) in [6.07, 6.45) is 19.6. The zero-order valence-corrected chi connectivity index (χ0v) is 19.3. The van der Waals surface area contributed by atoms with Crippen molar-refractivity contribution in [1.29, 1.82) is 0 Å². The molecule has 4 rings (SSSR count). The maximum Gasteiger partial charge on any atom is 0.306 e. The van der Waals surface area contributed by atoms with Crippen LogP contribution in [0.1, 0.15) is 98.3 Å². The third-order valence-corrected chi connectivity index (χ3v) is 10.6. The zero-order chi connectivity index (χ0) is 20.8. The van der Waals surface area contributed by atoms with E-state index in [9.17, 15) is 4.79 Å². The highest BCUT2D eigenvalue weighted by molar-refractivity contribution is 5.69. The molecule has 1 N–H and O–H groups in total. The number of carboxylic acid groups (broad SMARTS) is 1. The van der Waals surface area contributed by atoms with Gasteiger partial charge in [-0.2, -0.15) is 0 Å². The van der Waals surface area contributed by atoms with E-state index in [1.54, 1.807) is 0 Å². The van der Waals surface area contributed by atoms with Crippen molar-refractivity contribution in [2.45, 2.75) is 98.3 Å². The Morgan fingerprint density at radius 2 is 1.83 bits per heavy atom. The number of aliphatic carboxylic acids is 1. The number of allylic oxidation sites excluding steroid dienone is 2. The summed E-state index contributed by atoms with van der Waals surface area (Å²) >= 11 is 0. The summed E-state index contributed by atoms with van der Waals surface area (Å²) in [4.78, 5) is 11.1. The molecule has 0 aromatic rings. The van der Waals surface area contributed by atoms with Crippen LogP contribution >= 0.6 is 0 Å². The predicted molar refractivity (Wildman–Crippen MR) is 120 cm³/mol. The molecule has 0 bridgehead atoms. The maximum absolute atomic E-state index is 11.1. The summed E-state index contributed by atoms with van der Waals surface area (Å²) in [7, 11) is 0. The average Bonchev–Trinajstić information content (AvgIpc) is 3.04. The lowest BCUT2D eigenvalue weighted by Crippen LogP contribution is -2.52. The molecule has 4 aliphatic rings. The van der Waals surface area contributed by atoms with Crippen molar-refractivity contribution in [3.05, 3.63) is 12.2 Å². The van der Waals surface area contributed by atoms with Gasteiger partial charge >= 0.3 is 5.97 Å². The summed E-state index contributed by atoms with van der Waals surface area (Å²) in [5.74, 6) is 4.49. The molecule has 0 aliphatic heterocycles. The van der Waals surface area contributed by atoms with Crippen LogP contribution < -0.4 is 0 Å². The van der Waals surface area contributed by atoms with E-state index in [1.165, 1.54) is 57.8 Å². The highest BCUT2D eigenvalue weighted by atomic mass is 16.4. The van der Waals surface area contributed by atoms with Crippen LogP contribution in [0.15, 0.2) is 12.2 Å². The van der Waals surface area contributed by atoms with Gasteiger partial charge in [0.25, 0.3) is 0 Å². The van der Waals surface area contributed by atoms with Gasteiger partial charge in [0.1, 0.15) is 0 Å². The van der Waals surface area contributed by atoms with Crippen molar-refractivity contribution >= 4 is 5.97 Å². The lowest BCUT2D eigenvalue weighted by Gasteiger charge is -2.59. The van der Waals surface area contributed by atoms with E-state index in [2.05, 4.69) is 32.9 Å². The fourth-order valence-electron chi connectivity index (χ4n) is 8.87. The molecular weight excluding hydrogens is 356 g/mol. The summed E-state index contributed by atoms with van der Waals surface area (Å²) < 4.78 is 0. The molecule has 164 valence electrons. The van der Waals surface area contributed by atoms with E-state index in [1.807, 2.05) is 6.92 Å². The second-order valence-corrected chi connectivity index (χ2v) is 11.9. The summed E-state index contributed by atoms with van der Waals surface area (Å²) in [5.41, 5.74) is 1.000. The number of rotatable bonds is 6. The molecule has 0 spiro atoms. The van der Waals surface area contributed by atoms with Gasteiger partial charge in [-0.25, -0.2) is 0 Å². The lowest BCUT2D eigenvalue weighted by atomic mass is 9.45. The molecule has 0 aromatic carbocycles. The van der Waals surface area contributed by atoms with Gasteiger partial charge in [-0.3, -0.25) is 4.79 Å². The molecule has 4 aliphatic carbocycles. The van der Waals surface area contributed by atoms with Crippen LogP contribution in [0, 0.1) is 52.3 Å². The minimum absolute atomic E-state index is 0.191. The summed E-state index contributed by atoms with van der Waals surface area (Å²) in [5, 5.41) is 9.16. The van der Waals surface area contributed by atoms with Crippen molar-refractivity contribution in [2.24, 2.45) is 52.3 Å². The van der Waals surface area contributed by atoms with E-state index in [4.69, 9.17) is 5.11 Å². The van der Waals surface area contributed by atoms with Crippen molar-refractivity contribution in [1.82, 2.24) is 0 Å². The van der Waals surface area contributed by atoms with Gasteiger partial charge in [0.15, 0.2) is 0 Å². The van der Waals surface area contributed by atoms with Crippen LogP contribution in [0.5, 0.6) is 0 Å². The molecular formula is C27H44O2. The summed E-state index contributed by atoms with van der Waals surface area (Å²) in [6, 6.07) is 0. The monoisotopic (exact) mass is 400 g/mol. The Bertz CT molecular complexity index is 638. The quantitative estimate of drug-likeness (QED) is 0.474. The van der Waals surface area contributed by atoms with Crippen molar-refractivity contribution in [3.8, 4) is 0 Å². The van der Waals surface area contributed by atoms with Crippen LogP contribution in [0.2, 0.25) is 0 Å². The first kappa shape index (κ1) is 21.4. The van der Waals surface area contributed by atoms with Gasteiger partial charge in [-0.15, -0.1) is 0 Å². The number of fused-ring (bicyclic) bond motifs is 5. The van der Waals surface area contributed by atoms with Crippen LogP contribution in [0.25, 0.3) is 0 Å². The van der Waals surface area contributed by atoms with Gasteiger partial charge in [0.2, 0.25) is 0 Å². The topological polar surface area (TPSA) is 37.3 Å². The molecule has 3 saturated carbocycles. The van der Waals surface area contributed by atoms with Crippen molar-refractivity contribution < 1.29 is 9.90 Å².